The second kappa shape index (κ2) is 6.37. The molecule has 0 bridgehead atoms. The lowest BCUT2D eigenvalue weighted by Gasteiger charge is -2.40. The van der Waals surface area contributed by atoms with Crippen LogP contribution in [-0.2, 0) is 15.1 Å². The van der Waals surface area contributed by atoms with E-state index in [2.05, 4.69) is 28.5 Å². The average molecular weight is 299 g/mol. The van der Waals surface area contributed by atoms with Crippen LogP contribution in [0, 0.1) is 5.41 Å². The van der Waals surface area contributed by atoms with E-state index < -0.39 is 0 Å². The molecule has 0 radical (unpaired) electrons. The highest BCUT2D eigenvalue weighted by Crippen LogP contribution is 2.46. The highest BCUT2D eigenvalue weighted by atomic mass is 32.1. The largest absolute Gasteiger partial charge is 0.383 e. The van der Waals surface area contributed by atoms with Gasteiger partial charge >= 0.3 is 0 Å². The molecule has 1 saturated carbocycles. The molecule has 1 fully saturated rings. The van der Waals surface area contributed by atoms with Crippen LogP contribution in [0.3, 0.4) is 0 Å². The Hall–Kier alpha value is -0.720. The van der Waals surface area contributed by atoms with Crippen molar-refractivity contribution < 1.29 is 9.47 Å². The summed E-state index contributed by atoms with van der Waals surface area (Å²) in [6.07, 6.45) is 4.27. The molecule has 1 heterocycles. The fraction of sp³-hybridized carbons (Fsp3) is 0.857. The van der Waals surface area contributed by atoms with E-state index in [-0.39, 0.29) is 5.60 Å². The summed E-state index contributed by atoms with van der Waals surface area (Å²) in [7, 11) is 3.47. The maximum Gasteiger partial charge on any atom is 0.202 e. The maximum atomic E-state index is 5.83. The molecule has 0 aromatic carbocycles. The van der Waals surface area contributed by atoms with Crippen molar-refractivity contribution in [2.24, 2.45) is 5.41 Å². The van der Waals surface area contributed by atoms with Crippen LogP contribution in [0.1, 0.15) is 45.4 Å². The predicted molar refractivity (Wildman–Crippen MR) is 81.2 cm³/mol. The zero-order chi connectivity index (χ0) is 14.6. The number of rotatable bonds is 6. The third-order valence-electron chi connectivity index (χ3n) is 4.22. The minimum Gasteiger partial charge on any atom is -0.383 e. The molecule has 1 aromatic rings. The lowest BCUT2D eigenvalue weighted by atomic mass is 9.70. The predicted octanol–water partition coefficient (Wildman–Crippen LogP) is 3.04. The van der Waals surface area contributed by atoms with E-state index in [1.54, 1.807) is 14.2 Å². The molecule has 2 rings (SSSR count). The van der Waals surface area contributed by atoms with Crippen LogP contribution in [0.15, 0.2) is 0 Å². The van der Waals surface area contributed by atoms with Crippen molar-refractivity contribution in [3.05, 3.63) is 5.82 Å². The van der Waals surface area contributed by atoms with Crippen molar-refractivity contribution in [1.82, 2.24) is 9.36 Å². The lowest BCUT2D eigenvalue weighted by molar-refractivity contribution is -0.0720. The number of nitrogens with one attached hydrogen (secondary N) is 1. The van der Waals surface area contributed by atoms with Gasteiger partial charge in [-0.25, -0.2) is 4.98 Å². The number of anilines is 1. The number of ether oxygens (including phenoxy) is 2. The average Bonchev–Trinajstić information content (AvgIpc) is 2.89. The molecule has 0 unspecified atom stereocenters. The van der Waals surface area contributed by atoms with Crippen LogP contribution >= 0.6 is 11.5 Å². The molecule has 1 aliphatic rings. The Morgan fingerprint density at radius 3 is 2.50 bits per heavy atom. The van der Waals surface area contributed by atoms with Gasteiger partial charge in [0.25, 0.3) is 0 Å². The summed E-state index contributed by atoms with van der Waals surface area (Å²) in [6.45, 7) is 6.05. The van der Waals surface area contributed by atoms with Crippen molar-refractivity contribution in [3.63, 3.8) is 0 Å². The number of methoxy groups -OCH3 is 2. The van der Waals surface area contributed by atoms with E-state index in [0.717, 1.165) is 43.2 Å². The van der Waals surface area contributed by atoms with Crippen LogP contribution in [0.5, 0.6) is 0 Å². The first-order valence-corrected chi connectivity index (χ1v) is 7.91. The third kappa shape index (κ3) is 3.48. The summed E-state index contributed by atoms with van der Waals surface area (Å²) in [4.78, 5) is 4.61. The Bertz CT molecular complexity index is 424. The van der Waals surface area contributed by atoms with Gasteiger partial charge in [0.1, 0.15) is 5.60 Å². The van der Waals surface area contributed by atoms with Crippen LogP contribution in [-0.4, -0.2) is 36.7 Å². The van der Waals surface area contributed by atoms with Crippen LogP contribution in [0.2, 0.25) is 0 Å². The smallest absolute Gasteiger partial charge is 0.202 e. The van der Waals surface area contributed by atoms with Gasteiger partial charge in [-0.3, -0.25) is 0 Å². The minimum absolute atomic E-state index is 0.298. The van der Waals surface area contributed by atoms with Crippen LogP contribution in [0.4, 0.5) is 5.13 Å². The van der Waals surface area contributed by atoms with E-state index in [0.29, 0.717) is 12.0 Å². The summed E-state index contributed by atoms with van der Waals surface area (Å²) < 4.78 is 15.4. The molecule has 0 atom stereocenters. The molecule has 5 nitrogen and oxygen atoms in total. The van der Waals surface area contributed by atoms with Crippen LogP contribution < -0.4 is 5.32 Å². The summed E-state index contributed by atoms with van der Waals surface area (Å²) in [5.41, 5.74) is 0.102. The van der Waals surface area contributed by atoms with Crippen molar-refractivity contribution >= 4 is 16.7 Å². The Labute approximate surface area is 125 Å². The molecular weight excluding hydrogens is 274 g/mol. The molecule has 114 valence electrons. The Kier molecular flexibility index (Phi) is 4.99. The van der Waals surface area contributed by atoms with Crippen molar-refractivity contribution in [1.29, 1.82) is 0 Å². The van der Waals surface area contributed by atoms with E-state index in [9.17, 15) is 0 Å². The van der Waals surface area contributed by atoms with E-state index in [4.69, 9.17) is 9.47 Å². The number of aromatic nitrogens is 2. The molecule has 0 amide bonds. The van der Waals surface area contributed by atoms with Gasteiger partial charge in [0, 0.05) is 32.3 Å². The summed E-state index contributed by atoms with van der Waals surface area (Å²) in [5.74, 6) is 0.834. The fourth-order valence-electron chi connectivity index (χ4n) is 2.59. The molecule has 0 spiro atoms. The highest BCUT2D eigenvalue weighted by molar-refractivity contribution is 7.09. The van der Waals surface area contributed by atoms with Gasteiger partial charge in [-0.05, 0) is 31.1 Å². The number of hydrogen-bond donors (Lipinski definition) is 1. The molecule has 1 aromatic heterocycles. The second-order valence-corrected chi connectivity index (χ2v) is 6.96. The molecule has 0 aliphatic heterocycles. The molecular formula is C14H25N3O2S. The highest BCUT2D eigenvalue weighted by Gasteiger charge is 2.42. The molecule has 6 heteroatoms. The SMILES string of the molecule is COCCNc1nc(C2(OC)CCC(C)(C)CC2)ns1. The zero-order valence-corrected chi connectivity index (χ0v) is 13.7. The van der Waals surface area contributed by atoms with Gasteiger partial charge < -0.3 is 14.8 Å². The summed E-state index contributed by atoms with van der Waals surface area (Å²) in [5, 5.41) is 4.07. The van der Waals surface area contributed by atoms with E-state index in [1.807, 2.05) is 0 Å². The normalized spacial score (nSPS) is 20.8. The minimum atomic E-state index is -0.298. The first-order valence-electron chi connectivity index (χ1n) is 7.13. The monoisotopic (exact) mass is 299 g/mol. The molecule has 20 heavy (non-hydrogen) atoms. The third-order valence-corrected chi connectivity index (χ3v) is 4.89. The van der Waals surface area contributed by atoms with Crippen LogP contribution in [0.25, 0.3) is 0 Å². The maximum absolute atomic E-state index is 5.83. The lowest BCUT2D eigenvalue weighted by Crippen LogP contribution is -2.37. The standard InChI is InChI=1S/C14H25N3O2S/c1-13(2)5-7-14(19-4,8-6-13)11-16-12(20-17-11)15-9-10-18-3/h5-10H2,1-4H3,(H,15,16,17). The first-order chi connectivity index (χ1) is 9.51. The van der Waals surface area contributed by atoms with Gasteiger partial charge in [-0.1, -0.05) is 13.8 Å². The Morgan fingerprint density at radius 1 is 1.20 bits per heavy atom. The molecule has 1 N–H and O–H groups in total. The van der Waals surface area contributed by atoms with Gasteiger partial charge in [0.2, 0.25) is 5.13 Å². The van der Waals surface area contributed by atoms with E-state index in [1.165, 1.54) is 11.5 Å². The van der Waals surface area contributed by atoms with Gasteiger partial charge in [0.05, 0.1) is 6.61 Å². The second-order valence-electron chi connectivity index (χ2n) is 6.21. The summed E-state index contributed by atoms with van der Waals surface area (Å²) >= 11 is 1.40. The molecule has 1 aliphatic carbocycles. The Balaban J connectivity index is 2.05. The molecule has 0 saturated heterocycles. The van der Waals surface area contributed by atoms with Gasteiger partial charge in [-0.15, -0.1) is 0 Å². The number of hydrogen-bond acceptors (Lipinski definition) is 6. The van der Waals surface area contributed by atoms with Crippen molar-refractivity contribution in [2.45, 2.75) is 45.1 Å². The zero-order valence-electron chi connectivity index (χ0n) is 12.9. The Morgan fingerprint density at radius 2 is 1.90 bits per heavy atom. The quantitative estimate of drug-likeness (QED) is 0.818. The fourth-order valence-corrected chi connectivity index (χ4v) is 3.26. The topological polar surface area (TPSA) is 56.3 Å². The van der Waals surface area contributed by atoms with Crippen molar-refractivity contribution in [2.75, 3.05) is 32.7 Å². The first kappa shape index (κ1) is 15.7. The number of nitrogens with zero attached hydrogens (tertiary/aromatic N) is 2. The van der Waals surface area contributed by atoms with E-state index >= 15 is 0 Å². The van der Waals surface area contributed by atoms with Gasteiger partial charge in [0.15, 0.2) is 5.82 Å². The van der Waals surface area contributed by atoms with Gasteiger partial charge in [-0.2, -0.15) is 4.37 Å². The summed E-state index contributed by atoms with van der Waals surface area (Å²) in [6, 6.07) is 0. The van der Waals surface area contributed by atoms with Crippen molar-refractivity contribution in [3.8, 4) is 0 Å².